The Morgan fingerprint density at radius 1 is 1.22 bits per heavy atom. The van der Waals surface area contributed by atoms with E-state index in [-0.39, 0.29) is 17.4 Å². The summed E-state index contributed by atoms with van der Waals surface area (Å²) in [6.07, 6.45) is -3.38. The third-order valence-electron chi connectivity index (χ3n) is 4.00. The number of hydrogen-bond donors (Lipinski definition) is 7. The van der Waals surface area contributed by atoms with Gasteiger partial charge in [-0.05, 0) is 31.0 Å². The number of imidazole rings is 1. The standard InChI is InChI=1S/C17H24N6O6S.C2HF3O2/c1-11-20-10-15(21-11)30(26,27)23-14(16(24)25)9-12-3-5-13(6-4-12)28-7-2-8-29-22-17(18)19;3-2(4,5)1(6)7/h3-6,10,14,23H,2,7-9H2,1H3,(H,20,21)(H,24,25)(H4,18,19,22);(H,6,7)/t14-;/m0./s1. The Morgan fingerprint density at radius 2 is 1.81 bits per heavy atom. The Hall–Kier alpha value is -3.90. The van der Waals surface area contributed by atoms with E-state index in [0.29, 0.717) is 36.8 Å². The SMILES string of the molecule is Cc1nc(S(=O)(=O)N[C@@H](Cc2ccc(OCCCONC(=N)N)cc2)C(=O)O)c[nH]1.O=C(O)C(F)(F)F. The van der Waals surface area contributed by atoms with Gasteiger partial charge in [-0.25, -0.2) is 23.7 Å². The number of alkyl halides is 3. The van der Waals surface area contributed by atoms with Gasteiger partial charge >= 0.3 is 18.1 Å². The van der Waals surface area contributed by atoms with E-state index >= 15 is 0 Å². The summed E-state index contributed by atoms with van der Waals surface area (Å²) < 4.78 is 64.1. The van der Waals surface area contributed by atoms with Crippen molar-refractivity contribution in [3.63, 3.8) is 0 Å². The van der Waals surface area contributed by atoms with E-state index in [0.717, 1.165) is 0 Å². The number of benzene rings is 1. The van der Waals surface area contributed by atoms with Gasteiger partial charge in [-0.2, -0.15) is 17.9 Å². The summed E-state index contributed by atoms with van der Waals surface area (Å²) in [5.41, 5.74) is 7.89. The highest BCUT2D eigenvalue weighted by molar-refractivity contribution is 7.89. The van der Waals surface area contributed by atoms with Crippen LogP contribution in [0.15, 0.2) is 35.5 Å². The molecule has 1 aromatic carbocycles. The molecule has 0 radical (unpaired) electrons. The van der Waals surface area contributed by atoms with Gasteiger partial charge in [0.05, 0.1) is 13.2 Å². The molecule has 1 atom stereocenters. The van der Waals surface area contributed by atoms with Gasteiger partial charge in [0.25, 0.3) is 10.0 Å². The second-order valence-corrected chi connectivity index (χ2v) is 8.71. The van der Waals surface area contributed by atoms with Crippen molar-refractivity contribution in [2.45, 2.75) is 37.0 Å². The third kappa shape index (κ3) is 12.1. The molecule has 0 fully saturated rings. The molecule has 0 aliphatic rings. The molecule has 2 rings (SSSR count). The van der Waals surface area contributed by atoms with Crippen LogP contribution in [0.1, 0.15) is 17.8 Å². The van der Waals surface area contributed by atoms with Crippen molar-refractivity contribution in [2.75, 3.05) is 13.2 Å². The predicted molar refractivity (Wildman–Crippen MR) is 120 cm³/mol. The van der Waals surface area contributed by atoms with Crippen LogP contribution < -0.4 is 20.7 Å². The number of halogens is 3. The van der Waals surface area contributed by atoms with Gasteiger partial charge in [0, 0.05) is 12.6 Å². The molecule has 0 amide bonds. The highest BCUT2D eigenvalue weighted by atomic mass is 32.2. The van der Waals surface area contributed by atoms with Crippen molar-refractivity contribution in [1.29, 1.82) is 5.41 Å². The van der Waals surface area contributed by atoms with Crippen LogP contribution in [-0.4, -0.2) is 71.9 Å². The number of H-pyrrole nitrogens is 1. The molecule has 37 heavy (non-hydrogen) atoms. The van der Waals surface area contributed by atoms with Crippen molar-refractivity contribution in [2.24, 2.45) is 5.73 Å². The minimum atomic E-state index is -5.08. The van der Waals surface area contributed by atoms with Crippen LogP contribution in [0.2, 0.25) is 0 Å². The maximum atomic E-state index is 12.3. The number of nitrogens with two attached hydrogens (primary N) is 1. The summed E-state index contributed by atoms with van der Waals surface area (Å²) in [5, 5.41) is 23.2. The van der Waals surface area contributed by atoms with E-state index < -0.39 is 34.2 Å². The number of aryl methyl sites for hydroxylation is 1. The average molecular weight is 555 g/mol. The maximum absolute atomic E-state index is 12.3. The number of sulfonamides is 1. The van der Waals surface area contributed by atoms with Gasteiger partial charge < -0.3 is 25.7 Å². The average Bonchev–Trinajstić information content (AvgIpc) is 3.23. The van der Waals surface area contributed by atoms with Gasteiger partial charge in [0.15, 0.2) is 5.03 Å². The number of guanidine groups is 1. The number of aliphatic carboxylic acids is 2. The van der Waals surface area contributed by atoms with E-state index in [4.69, 9.17) is 30.6 Å². The zero-order valence-corrected chi connectivity index (χ0v) is 20.0. The highest BCUT2D eigenvalue weighted by Gasteiger charge is 2.38. The Kier molecular flexibility index (Phi) is 11.8. The molecule has 206 valence electrons. The molecule has 14 nitrogen and oxygen atoms in total. The normalized spacial score (nSPS) is 12.1. The largest absolute Gasteiger partial charge is 0.494 e. The Balaban J connectivity index is 0.000000856. The Morgan fingerprint density at radius 3 is 2.27 bits per heavy atom. The van der Waals surface area contributed by atoms with Gasteiger partial charge in [0.2, 0.25) is 5.96 Å². The van der Waals surface area contributed by atoms with E-state index in [2.05, 4.69) is 20.2 Å². The second-order valence-electron chi connectivity index (χ2n) is 7.05. The van der Waals surface area contributed by atoms with Gasteiger partial charge in [-0.1, -0.05) is 12.1 Å². The highest BCUT2D eigenvalue weighted by Crippen LogP contribution is 2.15. The first-order chi connectivity index (χ1) is 17.1. The molecule has 0 aliphatic carbocycles. The number of rotatable bonds is 12. The number of hydrogen-bond acceptors (Lipinski definition) is 8. The third-order valence-corrected chi connectivity index (χ3v) is 5.36. The summed E-state index contributed by atoms with van der Waals surface area (Å²) in [7, 11) is -4.07. The molecular weight excluding hydrogens is 529 g/mol. The van der Waals surface area contributed by atoms with Crippen molar-refractivity contribution < 1.29 is 51.0 Å². The van der Waals surface area contributed by atoms with E-state index in [1.54, 1.807) is 31.2 Å². The summed E-state index contributed by atoms with van der Waals surface area (Å²) >= 11 is 0. The Bertz CT molecular complexity index is 1160. The summed E-state index contributed by atoms with van der Waals surface area (Å²) in [4.78, 5) is 31.8. The number of hydroxylamine groups is 1. The fourth-order valence-corrected chi connectivity index (χ4v) is 3.52. The lowest BCUT2D eigenvalue weighted by molar-refractivity contribution is -0.192. The van der Waals surface area contributed by atoms with Crippen molar-refractivity contribution in [3.8, 4) is 5.75 Å². The molecule has 2 aromatic rings. The first kappa shape index (κ1) is 31.1. The molecule has 1 heterocycles. The summed E-state index contributed by atoms with van der Waals surface area (Å²) in [6, 6.07) is 5.28. The van der Waals surface area contributed by atoms with E-state index in [9.17, 15) is 31.5 Å². The number of aromatic amines is 1. The summed E-state index contributed by atoms with van der Waals surface area (Å²) in [5.74, 6) is -3.37. The smallest absolute Gasteiger partial charge is 0.490 e. The van der Waals surface area contributed by atoms with Crippen molar-refractivity contribution in [3.05, 3.63) is 41.9 Å². The molecule has 0 saturated carbocycles. The zero-order valence-electron chi connectivity index (χ0n) is 19.2. The lowest BCUT2D eigenvalue weighted by atomic mass is 10.1. The molecule has 0 bridgehead atoms. The quantitative estimate of drug-likeness (QED) is 0.0827. The molecule has 8 N–H and O–H groups in total. The molecule has 0 unspecified atom stereocenters. The van der Waals surface area contributed by atoms with Crippen LogP contribution in [0, 0.1) is 12.3 Å². The molecule has 18 heteroatoms. The second kappa shape index (κ2) is 14.0. The molecule has 0 spiro atoms. The van der Waals surface area contributed by atoms with Gasteiger partial charge in [0.1, 0.15) is 17.6 Å². The zero-order chi connectivity index (χ0) is 28.2. The van der Waals surface area contributed by atoms with E-state index in [1.165, 1.54) is 6.20 Å². The number of carboxylic acids is 2. The first-order valence-electron chi connectivity index (χ1n) is 10.1. The first-order valence-corrected chi connectivity index (χ1v) is 11.6. The van der Waals surface area contributed by atoms with E-state index in [1.807, 2.05) is 0 Å². The topological polar surface area (TPSA) is 230 Å². The van der Waals surface area contributed by atoms with Crippen molar-refractivity contribution >= 4 is 27.9 Å². The molecule has 0 saturated heterocycles. The maximum Gasteiger partial charge on any atom is 0.490 e. The van der Waals surface area contributed by atoms with Gasteiger partial charge in [-0.15, -0.1) is 0 Å². The number of carbonyl (C=O) groups is 2. The molecule has 0 aliphatic heterocycles. The fourth-order valence-electron chi connectivity index (χ4n) is 2.37. The van der Waals surface area contributed by atoms with Gasteiger partial charge in [-0.3, -0.25) is 15.0 Å². The lowest BCUT2D eigenvalue weighted by Crippen LogP contribution is -2.42. The monoisotopic (exact) mass is 554 g/mol. The van der Waals surface area contributed by atoms with Crippen LogP contribution in [-0.2, 0) is 30.9 Å². The number of carboxylic acid groups (broad SMARTS) is 2. The Labute approximate surface area is 208 Å². The van der Waals surface area contributed by atoms with Crippen LogP contribution in [0.5, 0.6) is 5.75 Å². The minimum Gasteiger partial charge on any atom is -0.494 e. The number of ether oxygens (including phenoxy) is 1. The molecule has 1 aromatic heterocycles. The fraction of sp³-hybridized carbons (Fsp3) is 0.368. The van der Waals surface area contributed by atoms with Crippen molar-refractivity contribution in [1.82, 2.24) is 20.2 Å². The summed E-state index contributed by atoms with van der Waals surface area (Å²) in [6.45, 7) is 2.25. The number of nitrogens with one attached hydrogen (secondary N) is 4. The van der Waals surface area contributed by atoms with Crippen LogP contribution in [0.4, 0.5) is 13.2 Å². The van der Waals surface area contributed by atoms with Crippen LogP contribution in [0.3, 0.4) is 0 Å². The van der Waals surface area contributed by atoms with Crippen LogP contribution in [0.25, 0.3) is 0 Å². The number of nitrogens with zero attached hydrogens (tertiary/aromatic N) is 1. The minimum absolute atomic E-state index is 0.0528. The predicted octanol–water partition coefficient (Wildman–Crippen LogP) is 0.509. The molecular formula is C19H25F3N6O8S. The van der Waals surface area contributed by atoms with Crippen LogP contribution >= 0.6 is 0 Å². The number of aromatic nitrogens is 2. The lowest BCUT2D eigenvalue weighted by Gasteiger charge is -2.14.